The number of ether oxygens (including phenoxy) is 1. The summed E-state index contributed by atoms with van der Waals surface area (Å²) in [6.45, 7) is 4.24. The molecule has 1 aliphatic heterocycles. The number of benzene rings is 2. The lowest BCUT2D eigenvalue weighted by Gasteiger charge is -2.37. The number of carboxylic acid groups (broad SMARTS) is 1. The molecule has 2 aromatic carbocycles. The van der Waals surface area contributed by atoms with Crippen molar-refractivity contribution in [1.82, 2.24) is 10.2 Å². The summed E-state index contributed by atoms with van der Waals surface area (Å²) in [5.41, 5.74) is 3.41. The number of nitrogens with one attached hydrogen (secondary N) is 1. The molecule has 3 atom stereocenters. The highest BCUT2D eigenvalue weighted by Gasteiger charge is 2.67. The molecule has 2 aliphatic carbocycles. The van der Waals surface area contributed by atoms with Crippen molar-refractivity contribution in [2.24, 2.45) is 11.8 Å². The number of carbonyl (C=O) groups excluding carboxylic acids is 2. The van der Waals surface area contributed by atoms with Gasteiger partial charge in [-0.05, 0) is 53.4 Å². The fraction of sp³-hybridized carbons (Fsp3) is 0.444. The maximum absolute atomic E-state index is 13.4. The SMILES string of the molecule is CC(C)[C@@H](NC(=O)OCC1c2ccccc2-c2ccccc21)C(=O)N1CCC[C@H]2C[C@]21C(=O)O. The Morgan fingerprint density at radius 2 is 1.71 bits per heavy atom. The van der Waals surface area contributed by atoms with Crippen molar-refractivity contribution in [2.45, 2.75) is 50.6 Å². The molecule has 2 amide bonds. The van der Waals surface area contributed by atoms with E-state index >= 15 is 0 Å². The lowest BCUT2D eigenvalue weighted by molar-refractivity contribution is -0.156. The average molecular weight is 463 g/mol. The second-order valence-electron chi connectivity index (χ2n) is 9.95. The summed E-state index contributed by atoms with van der Waals surface area (Å²) in [6, 6.07) is 15.4. The summed E-state index contributed by atoms with van der Waals surface area (Å²) in [5, 5.41) is 12.6. The van der Waals surface area contributed by atoms with Crippen molar-refractivity contribution in [3.8, 4) is 11.1 Å². The quantitative estimate of drug-likeness (QED) is 0.676. The predicted molar refractivity (Wildman–Crippen MR) is 126 cm³/mol. The molecule has 7 nitrogen and oxygen atoms in total. The minimum atomic E-state index is -1.11. The maximum Gasteiger partial charge on any atom is 0.407 e. The first kappa shape index (κ1) is 22.4. The molecule has 0 bridgehead atoms. The monoisotopic (exact) mass is 462 g/mol. The first-order chi connectivity index (χ1) is 16.3. The summed E-state index contributed by atoms with van der Waals surface area (Å²) in [4.78, 5) is 39.7. The Balaban J connectivity index is 1.28. The third kappa shape index (κ3) is 3.54. The first-order valence-corrected chi connectivity index (χ1v) is 12.0. The van der Waals surface area contributed by atoms with Gasteiger partial charge in [-0.15, -0.1) is 0 Å². The molecule has 0 unspecified atom stereocenters. The number of carbonyl (C=O) groups is 3. The number of aliphatic carboxylic acids is 1. The number of amides is 2. The molecule has 1 saturated carbocycles. The predicted octanol–water partition coefficient (Wildman–Crippen LogP) is 4.02. The molecule has 1 heterocycles. The molecule has 2 fully saturated rings. The average Bonchev–Trinajstić information content (AvgIpc) is 3.51. The molecule has 3 aliphatic rings. The molecule has 34 heavy (non-hydrogen) atoms. The zero-order valence-corrected chi connectivity index (χ0v) is 19.5. The third-order valence-corrected chi connectivity index (χ3v) is 7.67. The normalized spacial score (nSPS) is 23.5. The van der Waals surface area contributed by atoms with Gasteiger partial charge < -0.3 is 20.1 Å². The van der Waals surface area contributed by atoms with Crippen LogP contribution >= 0.6 is 0 Å². The van der Waals surface area contributed by atoms with Gasteiger partial charge in [-0.1, -0.05) is 62.4 Å². The fourth-order valence-corrected chi connectivity index (χ4v) is 5.82. The summed E-state index contributed by atoms with van der Waals surface area (Å²) >= 11 is 0. The number of alkyl carbamates (subject to hydrolysis) is 1. The number of rotatable bonds is 6. The number of fused-ring (bicyclic) bond motifs is 4. The minimum Gasteiger partial charge on any atom is -0.479 e. The molecule has 2 N–H and O–H groups in total. The molecular formula is C27H30N2O5. The second kappa shape index (κ2) is 8.46. The van der Waals surface area contributed by atoms with Crippen LogP contribution in [0.25, 0.3) is 11.1 Å². The van der Waals surface area contributed by atoms with E-state index in [0.717, 1.165) is 35.1 Å². The smallest absolute Gasteiger partial charge is 0.407 e. The summed E-state index contributed by atoms with van der Waals surface area (Å²) in [6.07, 6.45) is 1.43. The Labute approximate surface area is 199 Å². The zero-order chi connectivity index (χ0) is 24.0. The molecule has 0 radical (unpaired) electrons. The summed E-state index contributed by atoms with van der Waals surface area (Å²) in [5.74, 6) is -1.57. The van der Waals surface area contributed by atoms with Crippen LogP contribution in [0.5, 0.6) is 0 Å². The Morgan fingerprint density at radius 1 is 1.09 bits per heavy atom. The van der Waals surface area contributed by atoms with Crippen LogP contribution in [0.2, 0.25) is 0 Å². The first-order valence-electron chi connectivity index (χ1n) is 12.0. The van der Waals surface area contributed by atoms with Crippen molar-refractivity contribution in [3.05, 3.63) is 59.7 Å². The van der Waals surface area contributed by atoms with E-state index in [-0.39, 0.29) is 30.3 Å². The van der Waals surface area contributed by atoms with Crippen molar-refractivity contribution in [1.29, 1.82) is 0 Å². The Kier molecular flexibility index (Phi) is 5.58. The standard InChI is InChI=1S/C27H30N2O5/c1-16(2)23(24(30)29-13-7-8-17-14-27(17,29)25(31)32)28-26(33)34-15-22-20-11-5-3-9-18(20)19-10-4-6-12-21(19)22/h3-6,9-12,16-17,22-23H,7-8,13-15H2,1-2H3,(H,28,33)(H,31,32)/t17-,23+,27+/m0/s1. The van der Waals surface area contributed by atoms with Crippen molar-refractivity contribution in [2.75, 3.05) is 13.2 Å². The summed E-state index contributed by atoms with van der Waals surface area (Å²) in [7, 11) is 0. The van der Waals surface area contributed by atoms with E-state index in [1.807, 2.05) is 38.1 Å². The van der Waals surface area contributed by atoms with Gasteiger partial charge in [-0.2, -0.15) is 0 Å². The molecule has 5 rings (SSSR count). The minimum absolute atomic E-state index is 0.00460. The topological polar surface area (TPSA) is 95.9 Å². The van der Waals surface area contributed by atoms with E-state index in [1.165, 1.54) is 4.90 Å². The van der Waals surface area contributed by atoms with Crippen LogP contribution in [0.15, 0.2) is 48.5 Å². The molecular weight excluding hydrogens is 432 g/mol. The maximum atomic E-state index is 13.4. The van der Waals surface area contributed by atoms with Crippen molar-refractivity contribution in [3.63, 3.8) is 0 Å². The Hall–Kier alpha value is -3.35. The van der Waals surface area contributed by atoms with E-state index in [2.05, 4.69) is 29.6 Å². The number of piperidine rings is 1. The van der Waals surface area contributed by atoms with Crippen LogP contribution in [0, 0.1) is 11.8 Å². The lowest BCUT2D eigenvalue weighted by Crippen LogP contribution is -2.59. The molecule has 178 valence electrons. The van der Waals surface area contributed by atoms with Crippen LogP contribution < -0.4 is 5.32 Å². The summed E-state index contributed by atoms with van der Waals surface area (Å²) < 4.78 is 5.63. The van der Waals surface area contributed by atoms with Gasteiger partial charge in [0.15, 0.2) is 0 Å². The van der Waals surface area contributed by atoms with Gasteiger partial charge in [-0.3, -0.25) is 4.79 Å². The number of hydrogen-bond acceptors (Lipinski definition) is 4. The number of likely N-dealkylation sites (tertiary alicyclic amines) is 1. The van der Waals surface area contributed by atoms with E-state index in [4.69, 9.17) is 4.74 Å². The molecule has 2 aromatic rings. The molecule has 1 saturated heterocycles. The van der Waals surface area contributed by atoms with Gasteiger partial charge in [-0.25, -0.2) is 9.59 Å². The Bertz CT molecular complexity index is 1100. The highest BCUT2D eigenvalue weighted by atomic mass is 16.5. The van der Waals surface area contributed by atoms with Gasteiger partial charge in [0.25, 0.3) is 0 Å². The molecule has 0 aromatic heterocycles. The van der Waals surface area contributed by atoms with Crippen LogP contribution in [-0.4, -0.2) is 52.7 Å². The van der Waals surface area contributed by atoms with E-state index in [1.54, 1.807) is 0 Å². The van der Waals surface area contributed by atoms with E-state index < -0.39 is 23.6 Å². The van der Waals surface area contributed by atoms with Gasteiger partial charge >= 0.3 is 12.1 Å². The highest BCUT2D eigenvalue weighted by Crippen LogP contribution is 2.54. The lowest BCUT2D eigenvalue weighted by atomic mass is 9.97. The van der Waals surface area contributed by atoms with E-state index in [0.29, 0.717) is 13.0 Å². The number of hydrogen-bond donors (Lipinski definition) is 2. The Morgan fingerprint density at radius 3 is 2.29 bits per heavy atom. The largest absolute Gasteiger partial charge is 0.479 e. The van der Waals surface area contributed by atoms with Crippen molar-refractivity contribution < 1.29 is 24.2 Å². The zero-order valence-electron chi connectivity index (χ0n) is 19.5. The van der Waals surface area contributed by atoms with E-state index in [9.17, 15) is 19.5 Å². The van der Waals surface area contributed by atoms with Gasteiger partial charge in [0.05, 0.1) is 0 Å². The van der Waals surface area contributed by atoms with Crippen molar-refractivity contribution >= 4 is 18.0 Å². The second-order valence-corrected chi connectivity index (χ2v) is 9.95. The number of carboxylic acids is 1. The van der Waals surface area contributed by atoms with Crippen LogP contribution in [0.4, 0.5) is 4.79 Å². The van der Waals surface area contributed by atoms with Gasteiger partial charge in [0, 0.05) is 12.5 Å². The third-order valence-electron chi connectivity index (χ3n) is 7.67. The molecule has 0 spiro atoms. The fourth-order valence-electron chi connectivity index (χ4n) is 5.82. The van der Waals surface area contributed by atoms with Crippen LogP contribution in [-0.2, 0) is 14.3 Å². The highest BCUT2D eigenvalue weighted by molar-refractivity contribution is 5.94. The van der Waals surface area contributed by atoms with Crippen LogP contribution in [0.3, 0.4) is 0 Å². The van der Waals surface area contributed by atoms with Crippen LogP contribution in [0.1, 0.15) is 50.2 Å². The molecule has 7 heteroatoms. The van der Waals surface area contributed by atoms with Gasteiger partial charge in [0.2, 0.25) is 5.91 Å². The van der Waals surface area contributed by atoms with Gasteiger partial charge in [0.1, 0.15) is 18.2 Å². The number of nitrogens with zero attached hydrogens (tertiary/aromatic N) is 1.